The Morgan fingerprint density at radius 2 is 2.35 bits per heavy atom. The van der Waals surface area contributed by atoms with Crippen molar-refractivity contribution in [2.45, 2.75) is 19.4 Å². The summed E-state index contributed by atoms with van der Waals surface area (Å²) in [7, 11) is 1.97. The van der Waals surface area contributed by atoms with E-state index in [9.17, 15) is 9.90 Å². The molecule has 0 fully saturated rings. The van der Waals surface area contributed by atoms with Crippen LogP contribution in [0.25, 0.3) is 0 Å². The summed E-state index contributed by atoms with van der Waals surface area (Å²) in [4.78, 5) is 13.6. The van der Waals surface area contributed by atoms with Crippen molar-refractivity contribution in [1.82, 2.24) is 0 Å². The number of anilines is 1. The third-order valence-electron chi connectivity index (χ3n) is 3.05. The highest BCUT2D eigenvalue weighted by Crippen LogP contribution is 2.34. The highest BCUT2D eigenvalue weighted by molar-refractivity contribution is 5.80. The van der Waals surface area contributed by atoms with Gasteiger partial charge in [0.2, 0.25) is 0 Å². The Balaban J connectivity index is 2.33. The molecule has 0 aliphatic carbocycles. The number of aliphatic hydroxyl groups is 1. The van der Waals surface area contributed by atoms with Gasteiger partial charge in [0.15, 0.2) is 6.10 Å². The quantitative estimate of drug-likeness (QED) is 0.802. The highest BCUT2D eigenvalue weighted by Gasteiger charge is 2.27. The van der Waals surface area contributed by atoms with Gasteiger partial charge in [-0.25, -0.2) is 4.79 Å². The van der Waals surface area contributed by atoms with Crippen molar-refractivity contribution in [2.75, 3.05) is 25.1 Å². The molecule has 1 aliphatic heterocycles. The lowest BCUT2D eigenvalue weighted by Crippen LogP contribution is -2.20. The zero-order chi connectivity index (χ0) is 12.4. The van der Waals surface area contributed by atoms with Gasteiger partial charge in [-0.15, -0.1) is 0 Å². The SMILES string of the molecule is CCOC(=O)C(O)c1cccc2c1N(C)CC2. The summed E-state index contributed by atoms with van der Waals surface area (Å²) >= 11 is 0. The van der Waals surface area contributed by atoms with Crippen LogP contribution in [0, 0.1) is 0 Å². The van der Waals surface area contributed by atoms with Crippen LogP contribution in [0.2, 0.25) is 0 Å². The van der Waals surface area contributed by atoms with Crippen molar-refractivity contribution in [2.24, 2.45) is 0 Å². The molecule has 1 unspecified atom stereocenters. The smallest absolute Gasteiger partial charge is 0.339 e. The second-order valence-electron chi connectivity index (χ2n) is 4.18. The van der Waals surface area contributed by atoms with E-state index in [0.717, 1.165) is 18.7 Å². The predicted molar refractivity (Wildman–Crippen MR) is 65.0 cm³/mol. The van der Waals surface area contributed by atoms with E-state index < -0.39 is 12.1 Å². The van der Waals surface area contributed by atoms with Crippen LogP contribution in [-0.2, 0) is 16.0 Å². The number of likely N-dealkylation sites (N-methyl/N-ethyl adjacent to an activating group) is 1. The molecule has 1 aromatic rings. The van der Waals surface area contributed by atoms with Crippen LogP contribution in [-0.4, -0.2) is 31.3 Å². The van der Waals surface area contributed by atoms with E-state index >= 15 is 0 Å². The summed E-state index contributed by atoms with van der Waals surface area (Å²) in [6, 6.07) is 5.68. The average Bonchev–Trinajstić information content (AvgIpc) is 2.71. The molecule has 1 aromatic carbocycles. The van der Waals surface area contributed by atoms with Crippen molar-refractivity contribution >= 4 is 11.7 Å². The lowest BCUT2D eigenvalue weighted by Gasteiger charge is -2.19. The first-order valence-electron chi connectivity index (χ1n) is 5.82. The molecule has 0 bridgehead atoms. The van der Waals surface area contributed by atoms with Crippen molar-refractivity contribution in [3.63, 3.8) is 0 Å². The molecule has 4 heteroatoms. The van der Waals surface area contributed by atoms with Gasteiger partial charge in [0.05, 0.1) is 6.61 Å². The number of carbonyl (C=O) groups is 1. The number of hydrogen-bond acceptors (Lipinski definition) is 4. The molecule has 0 amide bonds. The van der Waals surface area contributed by atoms with Crippen LogP contribution >= 0.6 is 0 Å². The fraction of sp³-hybridized carbons (Fsp3) is 0.462. The molecule has 1 N–H and O–H groups in total. The maximum absolute atomic E-state index is 11.6. The van der Waals surface area contributed by atoms with Gasteiger partial charge < -0.3 is 14.7 Å². The van der Waals surface area contributed by atoms with Crippen molar-refractivity contribution in [3.05, 3.63) is 29.3 Å². The number of hydrogen-bond donors (Lipinski definition) is 1. The summed E-state index contributed by atoms with van der Waals surface area (Å²) in [5, 5.41) is 10.0. The lowest BCUT2D eigenvalue weighted by atomic mass is 10.0. The molecule has 4 nitrogen and oxygen atoms in total. The Morgan fingerprint density at radius 3 is 3.06 bits per heavy atom. The van der Waals surface area contributed by atoms with E-state index in [1.54, 1.807) is 13.0 Å². The van der Waals surface area contributed by atoms with Crippen LogP contribution in [0.4, 0.5) is 5.69 Å². The fourth-order valence-electron chi connectivity index (χ4n) is 2.25. The standard InChI is InChI=1S/C13H17NO3/c1-3-17-13(16)12(15)10-6-4-5-9-7-8-14(2)11(9)10/h4-6,12,15H,3,7-8H2,1-2H3. The molecule has 0 radical (unpaired) electrons. The normalized spacial score (nSPS) is 15.6. The van der Waals surface area contributed by atoms with E-state index in [0.29, 0.717) is 5.56 Å². The first kappa shape index (κ1) is 11.9. The lowest BCUT2D eigenvalue weighted by molar-refractivity contribution is -0.153. The summed E-state index contributed by atoms with van der Waals surface area (Å²) in [5.74, 6) is -0.582. The van der Waals surface area contributed by atoms with E-state index in [1.807, 2.05) is 19.2 Å². The first-order valence-corrected chi connectivity index (χ1v) is 5.82. The second-order valence-corrected chi connectivity index (χ2v) is 4.18. The zero-order valence-corrected chi connectivity index (χ0v) is 10.1. The molecule has 0 saturated heterocycles. The molecule has 1 heterocycles. The van der Waals surface area contributed by atoms with Crippen molar-refractivity contribution in [3.8, 4) is 0 Å². The number of rotatable bonds is 3. The van der Waals surface area contributed by atoms with Crippen LogP contribution < -0.4 is 4.90 Å². The molecule has 17 heavy (non-hydrogen) atoms. The van der Waals surface area contributed by atoms with Crippen LogP contribution in [0.3, 0.4) is 0 Å². The fourth-order valence-corrected chi connectivity index (χ4v) is 2.25. The van der Waals surface area contributed by atoms with E-state index in [-0.39, 0.29) is 6.61 Å². The summed E-state index contributed by atoms with van der Waals surface area (Å²) in [6.07, 6.45) is -0.236. The number of nitrogens with zero attached hydrogens (tertiary/aromatic N) is 1. The minimum Gasteiger partial charge on any atom is -0.464 e. The molecular weight excluding hydrogens is 218 g/mol. The number of carbonyl (C=O) groups excluding carboxylic acids is 1. The maximum atomic E-state index is 11.6. The van der Waals surface area contributed by atoms with Crippen molar-refractivity contribution in [1.29, 1.82) is 0 Å². The zero-order valence-electron chi connectivity index (χ0n) is 10.1. The Bertz CT molecular complexity index is 431. The molecule has 92 valence electrons. The van der Waals surface area contributed by atoms with Gasteiger partial charge >= 0.3 is 5.97 Å². The number of esters is 1. The third kappa shape index (κ3) is 2.13. The highest BCUT2D eigenvalue weighted by atomic mass is 16.5. The Morgan fingerprint density at radius 1 is 1.59 bits per heavy atom. The summed E-state index contributed by atoms with van der Waals surface area (Å²) in [5.41, 5.74) is 2.78. The van der Waals surface area contributed by atoms with Crippen molar-refractivity contribution < 1.29 is 14.6 Å². The minimum absolute atomic E-state index is 0.279. The Kier molecular flexibility index (Phi) is 3.33. The van der Waals surface area contributed by atoms with Gasteiger partial charge in [-0.1, -0.05) is 18.2 Å². The molecule has 1 atom stereocenters. The molecular formula is C13H17NO3. The topological polar surface area (TPSA) is 49.8 Å². The minimum atomic E-state index is -1.19. The van der Waals surface area contributed by atoms with Gasteiger partial charge in [-0.2, -0.15) is 0 Å². The maximum Gasteiger partial charge on any atom is 0.339 e. The van der Waals surface area contributed by atoms with Crippen LogP contribution in [0.1, 0.15) is 24.2 Å². The number of ether oxygens (including phenoxy) is 1. The summed E-state index contributed by atoms with van der Waals surface area (Å²) in [6.45, 7) is 2.93. The monoisotopic (exact) mass is 235 g/mol. The number of benzene rings is 1. The number of aliphatic hydroxyl groups excluding tert-OH is 1. The van der Waals surface area contributed by atoms with Gasteiger partial charge in [-0.05, 0) is 18.9 Å². The molecule has 2 rings (SSSR count). The molecule has 0 spiro atoms. The van der Waals surface area contributed by atoms with Crippen LogP contribution in [0.15, 0.2) is 18.2 Å². The number of fused-ring (bicyclic) bond motifs is 1. The van der Waals surface area contributed by atoms with E-state index in [4.69, 9.17) is 4.74 Å². The van der Waals surface area contributed by atoms with E-state index in [1.165, 1.54) is 5.56 Å². The first-order chi connectivity index (χ1) is 8.15. The Labute approximate surface area is 101 Å². The second kappa shape index (κ2) is 4.75. The van der Waals surface area contributed by atoms with E-state index in [2.05, 4.69) is 4.90 Å². The predicted octanol–water partition coefficient (Wildman–Crippen LogP) is 1.28. The van der Waals surface area contributed by atoms with Crippen LogP contribution in [0.5, 0.6) is 0 Å². The average molecular weight is 235 g/mol. The van der Waals surface area contributed by atoms with Gasteiger partial charge in [0.25, 0.3) is 0 Å². The van der Waals surface area contributed by atoms with Gasteiger partial charge in [-0.3, -0.25) is 0 Å². The van der Waals surface area contributed by atoms with Gasteiger partial charge in [0, 0.05) is 24.8 Å². The third-order valence-corrected chi connectivity index (χ3v) is 3.05. The van der Waals surface area contributed by atoms with Gasteiger partial charge in [0.1, 0.15) is 0 Å². The molecule has 0 saturated carbocycles. The number of para-hydroxylation sites is 1. The Hall–Kier alpha value is -1.55. The molecule has 0 aromatic heterocycles. The molecule has 1 aliphatic rings. The summed E-state index contributed by atoms with van der Waals surface area (Å²) < 4.78 is 4.85. The largest absolute Gasteiger partial charge is 0.464 e.